The summed E-state index contributed by atoms with van der Waals surface area (Å²) < 4.78 is 49.9. The van der Waals surface area contributed by atoms with Crippen molar-refractivity contribution in [3.8, 4) is 11.5 Å². The van der Waals surface area contributed by atoms with E-state index in [1.54, 1.807) is 20.3 Å². The topological polar surface area (TPSA) is 33.7 Å². The molecule has 0 amide bonds. The summed E-state index contributed by atoms with van der Waals surface area (Å²) in [6.07, 6.45) is -0.278. The lowest BCUT2D eigenvalue weighted by atomic mass is 9.94. The van der Waals surface area contributed by atoms with Crippen LogP contribution in [0.5, 0.6) is 11.5 Å². The van der Waals surface area contributed by atoms with E-state index >= 15 is 0 Å². The van der Waals surface area contributed by atoms with Gasteiger partial charge in [0.25, 0.3) is 0 Å². The molecule has 0 aliphatic carbocycles. The second-order valence-electron chi connectivity index (χ2n) is 7.63. The summed E-state index contributed by atoms with van der Waals surface area (Å²) in [5.74, 6) is 1.43. The molecule has 0 saturated carbocycles. The Morgan fingerprint density at radius 1 is 1.06 bits per heavy atom. The number of benzene rings is 2. The maximum absolute atomic E-state index is 13.0. The molecule has 1 atom stereocenters. The van der Waals surface area contributed by atoms with Gasteiger partial charge in [0, 0.05) is 24.8 Å². The molecule has 4 nitrogen and oxygen atoms in total. The fourth-order valence-electron chi connectivity index (χ4n) is 4.06. The minimum Gasteiger partial charge on any atom is -0.493 e. The second kappa shape index (κ2) is 10.5. The molecule has 1 N–H and O–H groups in total. The molecule has 31 heavy (non-hydrogen) atoms. The quantitative estimate of drug-likeness (QED) is 0.466. The van der Waals surface area contributed by atoms with Crippen LogP contribution in [0.3, 0.4) is 0 Å². The van der Waals surface area contributed by atoms with E-state index in [1.807, 2.05) is 12.1 Å². The third-order valence-electron chi connectivity index (χ3n) is 5.63. The summed E-state index contributed by atoms with van der Waals surface area (Å²) in [6.45, 7) is 2.43. The molecule has 0 bridgehead atoms. The first-order valence-corrected chi connectivity index (χ1v) is 10.8. The van der Waals surface area contributed by atoms with Gasteiger partial charge in [0.2, 0.25) is 0 Å². The Morgan fingerprint density at radius 2 is 1.84 bits per heavy atom. The molecule has 1 heterocycles. The Morgan fingerprint density at radius 3 is 2.55 bits per heavy atom. The van der Waals surface area contributed by atoms with Crippen LogP contribution < -0.4 is 14.8 Å². The zero-order chi connectivity index (χ0) is 22.4. The van der Waals surface area contributed by atoms with Gasteiger partial charge in [0.05, 0.1) is 24.8 Å². The third kappa shape index (κ3) is 5.98. The van der Waals surface area contributed by atoms with Crippen LogP contribution >= 0.6 is 11.6 Å². The molecule has 2 aromatic carbocycles. The number of ether oxygens (including phenoxy) is 2. The molecular formula is C23H28ClF3N2O2. The number of likely N-dealkylation sites (tertiary alicyclic amines) is 1. The number of methoxy groups -OCH3 is 2. The fraction of sp³-hybridized carbons (Fsp3) is 0.478. The number of rotatable bonds is 8. The van der Waals surface area contributed by atoms with Crippen molar-refractivity contribution in [2.24, 2.45) is 0 Å². The zero-order valence-electron chi connectivity index (χ0n) is 17.8. The molecule has 0 radical (unpaired) electrons. The number of halogens is 4. The van der Waals surface area contributed by atoms with E-state index in [0.29, 0.717) is 24.0 Å². The number of piperidine rings is 1. The Bertz CT molecular complexity index is 876. The first kappa shape index (κ1) is 23.5. The smallest absolute Gasteiger partial charge is 0.417 e. The number of hydrogen-bond acceptors (Lipinski definition) is 4. The standard InChI is InChI=1S/C23H28ClF3N2O2/c1-30-21-10-7-16(14-22(21)31-2)20-6-3-4-12-29(20)13-5-11-28-17-8-9-19(24)18(15-17)23(25,26)27/h7-10,14-15,20,28H,3-6,11-13H2,1-2H3. The Labute approximate surface area is 186 Å². The van der Waals surface area contributed by atoms with Crippen molar-refractivity contribution in [2.75, 3.05) is 39.2 Å². The van der Waals surface area contributed by atoms with E-state index in [-0.39, 0.29) is 5.02 Å². The second-order valence-corrected chi connectivity index (χ2v) is 8.04. The Hall–Kier alpha value is -2.12. The maximum Gasteiger partial charge on any atom is 0.417 e. The predicted molar refractivity (Wildman–Crippen MR) is 117 cm³/mol. The van der Waals surface area contributed by atoms with Gasteiger partial charge in [-0.1, -0.05) is 24.1 Å². The number of alkyl halides is 3. The highest BCUT2D eigenvalue weighted by atomic mass is 35.5. The van der Waals surface area contributed by atoms with E-state index in [4.69, 9.17) is 21.1 Å². The minimum absolute atomic E-state index is 0.288. The van der Waals surface area contributed by atoms with Gasteiger partial charge in [-0.3, -0.25) is 4.90 Å². The third-order valence-corrected chi connectivity index (χ3v) is 5.96. The van der Waals surface area contributed by atoms with Gasteiger partial charge in [-0.05, 0) is 61.7 Å². The van der Waals surface area contributed by atoms with Crippen LogP contribution in [0, 0.1) is 0 Å². The average Bonchev–Trinajstić information content (AvgIpc) is 2.76. The molecule has 1 aliphatic heterocycles. The molecule has 1 aliphatic rings. The van der Waals surface area contributed by atoms with Gasteiger partial charge in [0.15, 0.2) is 11.5 Å². The monoisotopic (exact) mass is 456 g/mol. The molecule has 0 spiro atoms. The molecule has 1 fully saturated rings. The van der Waals surface area contributed by atoms with Gasteiger partial charge in [0.1, 0.15) is 0 Å². The highest BCUT2D eigenvalue weighted by Crippen LogP contribution is 2.37. The Balaban J connectivity index is 1.59. The van der Waals surface area contributed by atoms with Gasteiger partial charge < -0.3 is 14.8 Å². The largest absolute Gasteiger partial charge is 0.493 e. The first-order valence-electron chi connectivity index (χ1n) is 10.4. The van der Waals surface area contributed by atoms with E-state index in [2.05, 4.69) is 16.3 Å². The number of hydrogen-bond donors (Lipinski definition) is 1. The summed E-state index contributed by atoms with van der Waals surface area (Å²) in [5.41, 5.74) is 0.799. The van der Waals surface area contributed by atoms with Crippen LogP contribution in [-0.2, 0) is 6.18 Å². The minimum atomic E-state index is -4.46. The summed E-state index contributed by atoms with van der Waals surface area (Å²) in [5, 5.41) is 2.80. The van der Waals surface area contributed by atoms with Crippen molar-refractivity contribution < 1.29 is 22.6 Å². The Kier molecular flexibility index (Phi) is 7.94. The first-order chi connectivity index (χ1) is 14.8. The van der Waals surface area contributed by atoms with Crippen molar-refractivity contribution in [2.45, 2.75) is 37.9 Å². The van der Waals surface area contributed by atoms with Crippen LogP contribution in [0.2, 0.25) is 5.02 Å². The molecule has 2 aromatic rings. The SMILES string of the molecule is COc1ccc(C2CCCCN2CCCNc2ccc(Cl)c(C(F)(F)F)c2)cc1OC. The van der Waals surface area contributed by atoms with Gasteiger partial charge in [-0.25, -0.2) is 0 Å². The molecule has 8 heteroatoms. The normalized spacial score (nSPS) is 17.4. The lowest BCUT2D eigenvalue weighted by molar-refractivity contribution is -0.137. The highest BCUT2D eigenvalue weighted by Gasteiger charge is 2.33. The van der Waals surface area contributed by atoms with Crippen molar-refractivity contribution in [3.63, 3.8) is 0 Å². The van der Waals surface area contributed by atoms with E-state index in [9.17, 15) is 13.2 Å². The number of anilines is 1. The van der Waals surface area contributed by atoms with Crippen molar-refractivity contribution in [1.82, 2.24) is 4.90 Å². The van der Waals surface area contributed by atoms with Gasteiger partial charge >= 0.3 is 6.18 Å². The summed E-state index contributed by atoms with van der Waals surface area (Å²) >= 11 is 5.69. The van der Waals surface area contributed by atoms with E-state index in [1.165, 1.54) is 18.1 Å². The van der Waals surface area contributed by atoms with E-state index in [0.717, 1.165) is 44.2 Å². The van der Waals surface area contributed by atoms with Crippen LogP contribution in [0.1, 0.15) is 42.9 Å². The van der Waals surface area contributed by atoms with E-state index < -0.39 is 11.7 Å². The van der Waals surface area contributed by atoms with Crippen LogP contribution in [0.15, 0.2) is 36.4 Å². The predicted octanol–water partition coefficient (Wildman–Crippen LogP) is 6.41. The molecule has 1 unspecified atom stereocenters. The van der Waals surface area contributed by atoms with Crippen LogP contribution in [0.25, 0.3) is 0 Å². The summed E-state index contributed by atoms with van der Waals surface area (Å²) in [6, 6.07) is 10.3. The molecule has 3 rings (SSSR count). The fourth-order valence-corrected chi connectivity index (χ4v) is 4.29. The van der Waals surface area contributed by atoms with Gasteiger partial charge in [-0.15, -0.1) is 0 Å². The molecular weight excluding hydrogens is 429 g/mol. The number of nitrogens with zero attached hydrogens (tertiary/aromatic N) is 1. The average molecular weight is 457 g/mol. The number of nitrogens with one attached hydrogen (secondary N) is 1. The van der Waals surface area contributed by atoms with Crippen molar-refractivity contribution in [3.05, 3.63) is 52.5 Å². The molecule has 0 aromatic heterocycles. The van der Waals surface area contributed by atoms with Gasteiger partial charge in [-0.2, -0.15) is 13.2 Å². The lowest BCUT2D eigenvalue weighted by Crippen LogP contribution is -2.34. The molecule has 1 saturated heterocycles. The lowest BCUT2D eigenvalue weighted by Gasteiger charge is -2.36. The van der Waals surface area contributed by atoms with Crippen LogP contribution in [-0.4, -0.2) is 38.8 Å². The van der Waals surface area contributed by atoms with Crippen molar-refractivity contribution >= 4 is 17.3 Å². The highest BCUT2D eigenvalue weighted by molar-refractivity contribution is 6.31. The van der Waals surface area contributed by atoms with Crippen molar-refractivity contribution in [1.29, 1.82) is 0 Å². The molecule has 170 valence electrons. The van der Waals surface area contributed by atoms with Crippen LogP contribution in [0.4, 0.5) is 18.9 Å². The summed E-state index contributed by atoms with van der Waals surface area (Å²) in [7, 11) is 3.25. The summed E-state index contributed by atoms with van der Waals surface area (Å²) in [4.78, 5) is 2.44. The maximum atomic E-state index is 13.0. The zero-order valence-corrected chi connectivity index (χ0v) is 18.5.